The Morgan fingerprint density at radius 2 is 1.91 bits per heavy atom. The van der Waals surface area contributed by atoms with Crippen LogP contribution in [-0.4, -0.2) is 74.4 Å². The van der Waals surface area contributed by atoms with Crippen LogP contribution in [0.1, 0.15) is 12.0 Å². The number of carbonyl (C=O) groups is 2. The van der Waals surface area contributed by atoms with Gasteiger partial charge in [0.15, 0.2) is 11.5 Å². The summed E-state index contributed by atoms with van der Waals surface area (Å²) in [6.07, 6.45) is 0.299. The van der Waals surface area contributed by atoms with E-state index in [9.17, 15) is 9.59 Å². The van der Waals surface area contributed by atoms with Crippen molar-refractivity contribution in [2.45, 2.75) is 19.0 Å². The maximum atomic E-state index is 12.8. The van der Waals surface area contributed by atoms with Crippen molar-refractivity contribution in [2.24, 2.45) is 0 Å². The van der Waals surface area contributed by atoms with Gasteiger partial charge in [-0.3, -0.25) is 9.69 Å². The van der Waals surface area contributed by atoms with Gasteiger partial charge in [-0.2, -0.15) is 0 Å². The second-order valence-electron chi connectivity index (χ2n) is 8.51. The van der Waals surface area contributed by atoms with Gasteiger partial charge in [-0.15, -0.1) is 0 Å². The summed E-state index contributed by atoms with van der Waals surface area (Å²) in [5.74, 6) is 2.28. The molecule has 9 nitrogen and oxygen atoms in total. The molecule has 0 saturated carbocycles. The summed E-state index contributed by atoms with van der Waals surface area (Å²) in [4.78, 5) is 31.2. The van der Waals surface area contributed by atoms with Gasteiger partial charge in [-0.25, -0.2) is 4.79 Å². The number of urea groups is 1. The van der Waals surface area contributed by atoms with Crippen LogP contribution in [0, 0.1) is 0 Å². The number of hydrogen-bond donors (Lipinski definition) is 1. The van der Waals surface area contributed by atoms with Crippen molar-refractivity contribution >= 4 is 17.6 Å². The predicted molar refractivity (Wildman–Crippen MR) is 122 cm³/mol. The molecule has 0 unspecified atom stereocenters. The second-order valence-corrected chi connectivity index (χ2v) is 8.51. The molecule has 33 heavy (non-hydrogen) atoms. The van der Waals surface area contributed by atoms with Crippen LogP contribution >= 0.6 is 0 Å². The molecule has 9 heteroatoms. The van der Waals surface area contributed by atoms with Crippen LogP contribution in [0.5, 0.6) is 17.2 Å². The number of amides is 3. The first-order valence-corrected chi connectivity index (χ1v) is 11.2. The number of nitrogens with zero attached hydrogens (tertiary/aromatic N) is 3. The fraction of sp³-hybridized carbons (Fsp3) is 0.417. The molecular formula is C24H28N4O5. The number of hydrogen-bond acceptors (Lipinski definition) is 6. The Bertz CT molecular complexity index is 1040. The van der Waals surface area contributed by atoms with Gasteiger partial charge >= 0.3 is 6.03 Å². The van der Waals surface area contributed by atoms with Gasteiger partial charge in [0.1, 0.15) is 5.75 Å². The Hall–Kier alpha value is -3.46. The number of carbonyl (C=O) groups excluding carboxylic acids is 2. The van der Waals surface area contributed by atoms with Crippen molar-refractivity contribution in [3.63, 3.8) is 0 Å². The van der Waals surface area contributed by atoms with Crippen molar-refractivity contribution in [3.05, 3.63) is 48.0 Å². The molecule has 0 aromatic heterocycles. The van der Waals surface area contributed by atoms with E-state index in [0.29, 0.717) is 31.8 Å². The van der Waals surface area contributed by atoms with Crippen LogP contribution in [0.2, 0.25) is 0 Å². The molecule has 2 aromatic carbocycles. The fourth-order valence-corrected chi connectivity index (χ4v) is 4.50. The number of ether oxygens (including phenoxy) is 3. The van der Waals surface area contributed by atoms with E-state index in [1.165, 1.54) is 5.56 Å². The summed E-state index contributed by atoms with van der Waals surface area (Å²) in [6, 6.07) is 13.1. The smallest absolute Gasteiger partial charge is 0.317 e. The van der Waals surface area contributed by atoms with E-state index in [4.69, 9.17) is 14.2 Å². The number of anilines is 1. The van der Waals surface area contributed by atoms with Crippen molar-refractivity contribution in [1.29, 1.82) is 0 Å². The maximum absolute atomic E-state index is 12.8. The van der Waals surface area contributed by atoms with E-state index in [-0.39, 0.29) is 24.8 Å². The van der Waals surface area contributed by atoms with Crippen LogP contribution in [0.15, 0.2) is 42.5 Å². The molecule has 3 amide bonds. The average molecular weight is 453 g/mol. The Labute approximate surface area is 192 Å². The van der Waals surface area contributed by atoms with Crippen molar-refractivity contribution in [2.75, 3.05) is 51.5 Å². The van der Waals surface area contributed by atoms with E-state index in [2.05, 4.69) is 16.3 Å². The average Bonchev–Trinajstić information content (AvgIpc) is 3.45. The molecule has 1 N–H and O–H groups in total. The molecule has 3 heterocycles. The topological polar surface area (TPSA) is 83.6 Å². The summed E-state index contributed by atoms with van der Waals surface area (Å²) in [5, 5.41) is 3.04. The molecule has 0 spiro atoms. The molecule has 3 aliphatic heterocycles. The summed E-state index contributed by atoms with van der Waals surface area (Å²) >= 11 is 0. The first-order valence-electron chi connectivity index (χ1n) is 11.2. The Morgan fingerprint density at radius 1 is 1.09 bits per heavy atom. The number of piperazine rings is 1. The largest absolute Gasteiger partial charge is 0.497 e. The van der Waals surface area contributed by atoms with Gasteiger partial charge in [-0.05, 0) is 29.8 Å². The zero-order valence-corrected chi connectivity index (χ0v) is 18.7. The summed E-state index contributed by atoms with van der Waals surface area (Å²) in [5.41, 5.74) is 1.95. The third-order valence-electron chi connectivity index (χ3n) is 6.32. The quantitative estimate of drug-likeness (QED) is 0.748. The highest BCUT2D eigenvalue weighted by Crippen LogP contribution is 2.33. The molecule has 0 aliphatic carbocycles. The zero-order chi connectivity index (χ0) is 22.8. The van der Waals surface area contributed by atoms with E-state index in [0.717, 1.165) is 36.8 Å². The van der Waals surface area contributed by atoms with Gasteiger partial charge in [0.2, 0.25) is 12.7 Å². The minimum Gasteiger partial charge on any atom is -0.497 e. The van der Waals surface area contributed by atoms with Crippen LogP contribution in [0.4, 0.5) is 10.5 Å². The zero-order valence-electron chi connectivity index (χ0n) is 18.7. The number of fused-ring (bicyclic) bond motifs is 1. The highest BCUT2D eigenvalue weighted by Gasteiger charge is 2.33. The van der Waals surface area contributed by atoms with Crippen LogP contribution in [0.3, 0.4) is 0 Å². The predicted octanol–water partition coefficient (Wildman–Crippen LogP) is 2.06. The minimum atomic E-state index is -0.206. The Balaban J connectivity index is 1.11. The third kappa shape index (κ3) is 4.68. The lowest BCUT2D eigenvalue weighted by molar-refractivity contribution is -0.117. The SMILES string of the molecule is COc1cccc(N2C[C@H](NC(=O)N3CCN(Cc4ccc5c(c4)OCO5)CC3)CC2=O)c1. The molecule has 174 valence electrons. The summed E-state index contributed by atoms with van der Waals surface area (Å²) in [7, 11) is 1.60. The monoisotopic (exact) mass is 452 g/mol. The molecule has 1 atom stereocenters. The Kier molecular flexibility index (Phi) is 5.95. The summed E-state index contributed by atoms with van der Waals surface area (Å²) in [6.45, 7) is 4.42. The fourth-order valence-electron chi connectivity index (χ4n) is 4.50. The molecular weight excluding hydrogens is 424 g/mol. The maximum Gasteiger partial charge on any atom is 0.317 e. The van der Waals surface area contributed by atoms with Gasteiger partial charge in [0.25, 0.3) is 0 Å². The molecule has 0 bridgehead atoms. The number of nitrogens with one attached hydrogen (secondary N) is 1. The third-order valence-corrected chi connectivity index (χ3v) is 6.32. The number of methoxy groups -OCH3 is 1. The normalized spacial score (nSPS) is 20.3. The lowest BCUT2D eigenvalue weighted by Crippen LogP contribution is -2.53. The first-order chi connectivity index (χ1) is 16.1. The lowest BCUT2D eigenvalue weighted by Gasteiger charge is -2.35. The highest BCUT2D eigenvalue weighted by molar-refractivity contribution is 5.97. The van der Waals surface area contributed by atoms with Gasteiger partial charge < -0.3 is 29.3 Å². The van der Waals surface area contributed by atoms with E-state index < -0.39 is 0 Å². The van der Waals surface area contributed by atoms with Crippen molar-refractivity contribution in [3.8, 4) is 17.2 Å². The van der Waals surface area contributed by atoms with E-state index >= 15 is 0 Å². The molecule has 2 fully saturated rings. The lowest BCUT2D eigenvalue weighted by atomic mass is 10.1. The van der Waals surface area contributed by atoms with Crippen LogP contribution < -0.4 is 24.4 Å². The van der Waals surface area contributed by atoms with Crippen molar-refractivity contribution < 1.29 is 23.8 Å². The molecule has 5 rings (SSSR count). The Morgan fingerprint density at radius 3 is 2.73 bits per heavy atom. The number of rotatable bonds is 5. The van der Waals surface area contributed by atoms with Gasteiger partial charge in [0.05, 0.1) is 13.2 Å². The van der Waals surface area contributed by atoms with E-state index in [1.807, 2.05) is 41.3 Å². The van der Waals surface area contributed by atoms with Gasteiger partial charge in [0, 0.05) is 57.4 Å². The van der Waals surface area contributed by atoms with Crippen LogP contribution in [-0.2, 0) is 11.3 Å². The van der Waals surface area contributed by atoms with Gasteiger partial charge in [-0.1, -0.05) is 12.1 Å². The highest BCUT2D eigenvalue weighted by atomic mass is 16.7. The molecule has 0 radical (unpaired) electrons. The molecule has 2 saturated heterocycles. The molecule has 3 aliphatic rings. The second kappa shape index (κ2) is 9.19. The first kappa shape index (κ1) is 21.4. The van der Waals surface area contributed by atoms with Crippen LogP contribution in [0.25, 0.3) is 0 Å². The molecule has 2 aromatic rings. The minimum absolute atomic E-state index is 0.00194. The van der Waals surface area contributed by atoms with Crippen molar-refractivity contribution in [1.82, 2.24) is 15.1 Å². The summed E-state index contributed by atoms with van der Waals surface area (Å²) < 4.78 is 16.1. The van der Waals surface area contributed by atoms with E-state index in [1.54, 1.807) is 12.0 Å². The number of benzene rings is 2. The standard InChI is InChI=1S/C24H28N4O5/c1-31-20-4-2-3-19(13-20)28-15-18(12-23(28)29)25-24(30)27-9-7-26(8-10-27)14-17-5-6-21-22(11-17)33-16-32-21/h2-6,11,13,18H,7-10,12,14-16H2,1H3,(H,25,30)/t18-/m1/s1.